The summed E-state index contributed by atoms with van der Waals surface area (Å²) >= 11 is 0. The molecule has 10 heteroatoms. The molecule has 0 amide bonds. The molecule has 3 aromatic rings. The minimum Gasteiger partial charge on any atom is -0.376 e. The zero-order chi connectivity index (χ0) is 21.5. The van der Waals surface area contributed by atoms with Crippen molar-refractivity contribution in [2.45, 2.75) is 37.6 Å². The fourth-order valence-electron chi connectivity index (χ4n) is 3.49. The number of alkyl halides is 3. The first-order chi connectivity index (χ1) is 14.2. The lowest BCUT2D eigenvalue weighted by Gasteiger charge is -2.26. The van der Waals surface area contributed by atoms with E-state index in [1.807, 2.05) is 0 Å². The number of hydrogen-bond donors (Lipinski definition) is 3. The van der Waals surface area contributed by atoms with Gasteiger partial charge in [-0.25, -0.2) is 14.4 Å². The second-order valence-corrected chi connectivity index (χ2v) is 7.57. The van der Waals surface area contributed by atoms with Crippen LogP contribution in [0, 0.1) is 5.82 Å². The van der Waals surface area contributed by atoms with Crippen LogP contribution in [-0.4, -0.2) is 44.8 Å². The molecule has 2 atom stereocenters. The van der Waals surface area contributed by atoms with Gasteiger partial charge in [0.2, 0.25) is 0 Å². The van der Waals surface area contributed by atoms with Gasteiger partial charge in [-0.1, -0.05) is 6.07 Å². The number of aromatic nitrogens is 3. The quantitative estimate of drug-likeness (QED) is 0.561. The van der Waals surface area contributed by atoms with E-state index in [0.29, 0.717) is 18.4 Å². The molecule has 3 N–H and O–H groups in total. The number of piperidine rings is 1. The summed E-state index contributed by atoms with van der Waals surface area (Å²) in [6.45, 7) is 2.39. The highest BCUT2D eigenvalue weighted by Gasteiger charge is 2.51. The second-order valence-electron chi connectivity index (χ2n) is 7.57. The third-order valence-corrected chi connectivity index (χ3v) is 5.36. The number of imidazole rings is 1. The third kappa shape index (κ3) is 3.72. The zero-order valence-corrected chi connectivity index (χ0v) is 16.2. The molecular weight excluding hydrogens is 402 g/mol. The number of fused-ring (bicyclic) bond motifs is 1. The molecule has 1 aliphatic rings. The van der Waals surface area contributed by atoms with Crippen molar-refractivity contribution in [3.63, 3.8) is 0 Å². The Bertz CT molecular complexity index is 1060. The minimum atomic E-state index is -4.87. The van der Waals surface area contributed by atoms with Crippen molar-refractivity contribution in [3.8, 4) is 11.4 Å². The van der Waals surface area contributed by atoms with Crippen LogP contribution < -0.4 is 10.6 Å². The van der Waals surface area contributed by atoms with Crippen molar-refractivity contribution in [3.05, 3.63) is 48.0 Å². The Kier molecular flexibility index (Phi) is 5.15. The maximum Gasteiger partial charge on any atom is 0.421 e. The first-order valence-corrected chi connectivity index (χ1v) is 9.57. The number of pyridine rings is 2. The van der Waals surface area contributed by atoms with Gasteiger partial charge in [-0.3, -0.25) is 4.40 Å². The highest BCUT2D eigenvalue weighted by molar-refractivity contribution is 5.63. The number of anilines is 1. The maximum absolute atomic E-state index is 14.6. The monoisotopic (exact) mass is 423 g/mol. The molecule has 6 nitrogen and oxygen atoms in total. The van der Waals surface area contributed by atoms with Crippen molar-refractivity contribution in [1.82, 2.24) is 19.7 Å². The van der Waals surface area contributed by atoms with Crippen LogP contribution >= 0.6 is 0 Å². The van der Waals surface area contributed by atoms with Gasteiger partial charge in [-0.05, 0) is 44.5 Å². The summed E-state index contributed by atoms with van der Waals surface area (Å²) in [5, 5.41) is 16.5. The number of rotatable bonds is 4. The smallest absolute Gasteiger partial charge is 0.376 e. The normalized spacial score (nSPS) is 19.6. The number of halogens is 4. The van der Waals surface area contributed by atoms with Gasteiger partial charge in [-0.15, -0.1) is 0 Å². The van der Waals surface area contributed by atoms with Gasteiger partial charge in [0, 0.05) is 24.3 Å². The molecule has 0 aliphatic carbocycles. The molecule has 0 spiro atoms. The standard InChI is InChI=1S/C20H21F4N5O/c1-19(30,20(22,23)24)12-4-7-17-26-10-15(29(17)11-12)18-14(21)5-6-16(28-18)27-13-3-2-8-25-9-13/h4-7,10-11,13,25,30H,2-3,8-9H2,1H3,(H,27,28)/t13-,19+/m1/s1. The summed E-state index contributed by atoms with van der Waals surface area (Å²) < 4.78 is 55.6. The number of nitrogens with one attached hydrogen (secondary N) is 2. The molecule has 1 fully saturated rings. The van der Waals surface area contributed by atoms with E-state index in [2.05, 4.69) is 20.6 Å². The highest BCUT2D eigenvalue weighted by atomic mass is 19.4. The Labute approximate surface area is 170 Å². The van der Waals surface area contributed by atoms with Crippen LogP contribution in [-0.2, 0) is 5.60 Å². The van der Waals surface area contributed by atoms with E-state index in [9.17, 15) is 22.7 Å². The van der Waals surface area contributed by atoms with Crippen LogP contribution in [0.4, 0.5) is 23.4 Å². The average molecular weight is 423 g/mol. The summed E-state index contributed by atoms with van der Waals surface area (Å²) in [5.41, 5.74) is -2.99. The van der Waals surface area contributed by atoms with Crippen molar-refractivity contribution < 1.29 is 22.7 Å². The molecular formula is C20H21F4N5O. The van der Waals surface area contributed by atoms with E-state index in [1.165, 1.54) is 28.8 Å². The van der Waals surface area contributed by atoms with E-state index in [1.54, 1.807) is 0 Å². The Hall–Kier alpha value is -2.72. The van der Waals surface area contributed by atoms with Gasteiger partial charge in [-0.2, -0.15) is 13.2 Å². The van der Waals surface area contributed by atoms with Crippen LogP contribution in [0.25, 0.3) is 17.0 Å². The first kappa shape index (κ1) is 20.5. The van der Waals surface area contributed by atoms with Gasteiger partial charge in [0.25, 0.3) is 0 Å². The SMILES string of the molecule is C[C@](O)(c1ccc2ncc(-c3nc(N[C@@H]4CCCNC4)ccc3F)n2c1)C(F)(F)F. The lowest BCUT2D eigenvalue weighted by atomic mass is 9.97. The van der Waals surface area contributed by atoms with Gasteiger partial charge in [0.05, 0.1) is 11.9 Å². The van der Waals surface area contributed by atoms with Crippen molar-refractivity contribution >= 4 is 11.5 Å². The predicted molar refractivity (Wildman–Crippen MR) is 104 cm³/mol. The minimum absolute atomic E-state index is 0.0416. The summed E-state index contributed by atoms with van der Waals surface area (Å²) in [4.78, 5) is 8.47. The van der Waals surface area contributed by atoms with E-state index in [-0.39, 0.29) is 23.0 Å². The fourth-order valence-corrected chi connectivity index (χ4v) is 3.49. The topological polar surface area (TPSA) is 74.5 Å². The molecule has 3 aromatic heterocycles. The molecule has 4 heterocycles. The number of aliphatic hydroxyl groups is 1. The summed E-state index contributed by atoms with van der Waals surface area (Å²) in [6.07, 6.45) is -0.452. The Balaban J connectivity index is 1.74. The largest absolute Gasteiger partial charge is 0.421 e. The van der Waals surface area contributed by atoms with Gasteiger partial charge in [0.15, 0.2) is 11.4 Å². The third-order valence-electron chi connectivity index (χ3n) is 5.36. The zero-order valence-electron chi connectivity index (χ0n) is 16.2. The predicted octanol–water partition coefficient (Wildman–Crippen LogP) is 3.47. The van der Waals surface area contributed by atoms with Crippen molar-refractivity contribution in [1.29, 1.82) is 0 Å². The van der Waals surface area contributed by atoms with Crippen LogP contribution in [0.5, 0.6) is 0 Å². The van der Waals surface area contributed by atoms with E-state index in [0.717, 1.165) is 38.2 Å². The van der Waals surface area contributed by atoms with Crippen LogP contribution in [0.3, 0.4) is 0 Å². The molecule has 0 unspecified atom stereocenters. The summed E-state index contributed by atoms with van der Waals surface area (Å²) in [5.74, 6) is -0.161. The lowest BCUT2D eigenvalue weighted by molar-refractivity contribution is -0.259. The molecule has 1 aliphatic heterocycles. The van der Waals surface area contributed by atoms with Crippen LogP contribution in [0.2, 0.25) is 0 Å². The van der Waals surface area contributed by atoms with Crippen LogP contribution in [0.1, 0.15) is 25.3 Å². The molecule has 160 valence electrons. The molecule has 0 aromatic carbocycles. The van der Waals surface area contributed by atoms with Gasteiger partial charge < -0.3 is 15.7 Å². The highest BCUT2D eigenvalue weighted by Crippen LogP contribution is 2.38. The fraction of sp³-hybridized carbons (Fsp3) is 0.400. The molecule has 0 bridgehead atoms. The Morgan fingerprint density at radius 2 is 2.03 bits per heavy atom. The van der Waals surface area contributed by atoms with Crippen LogP contribution in [0.15, 0.2) is 36.7 Å². The molecule has 1 saturated heterocycles. The second kappa shape index (κ2) is 7.51. The Morgan fingerprint density at radius 1 is 1.23 bits per heavy atom. The number of hydrogen-bond acceptors (Lipinski definition) is 5. The van der Waals surface area contributed by atoms with E-state index in [4.69, 9.17) is 0 Å². The maximum atomic E-state index is 14.6. The molecule has 0 radical (unpaired) electrons. The van der Waals surface area contributed by atoms with Gasteiger partial charge in [0.1, 0.15) is 17.2 Å². The molecule has 30 heavy (non-hydrogen) atoms. The van der Waals surface area contributed by atoms with Gasteiger partial charge >= 0.3 is 6.18 Å². The van der Waals surface area contributed by atoms with E-state index >= 15 is 0 Å². The number of nitrogens with zero attached hydrogens (tertiary/aromatic N) is 3. The Morgan fingerprint density at radius 3 is 2.73 bits per heavy atom. The summed E-state index contributed by atoms with van der Waals surface area (Å²) in [7, 11) is 0. The molecule has 4 rings (SSSR count). The first-order valence-electron chi connectivity index (χ1n) is 9.57. The van der Waals surface area contributed by atoms with E-state index < -0.39 is 17.6 Å². The molecule has 0 saturated carbocycles. The lowest BCUT2D eigenvalue weighted by Crippen LogP contribution is -2.39. The average Bonchev–Trinajstić information content (AvgIpc) is 3.12. The van der Waals surface area contributed by atoms with Crippen molar-refractivity contribution in [2.24, 2.45) is 0 Å². The summed E-state index contributed by atoms with van der Waals surface area (Å²) in [6, 6.07) is 5.43. The van der Waals surface area contributed by atoms with Crippen molar-refractivity contribution in [2.75, 3.05) is 18.4 Å².